The highest BCUT2D eigenvalue weighted by molar-refractivity contribution is 5.92. The molecule has 0 bridgehead atoms. The Morgan fingerprint density at radius 2 is 2.07 bits per heavy atom. The maximum absolute atomic E-state index is 12.2. The molecule has 1 aromatic carbocycles. The molecule has 2 aromatic rings. The number of piperidine rings is 1. The molecule has 1 amide bonds. The molecule has 1 aliphatic rings. The summed E-state index contributed by atoms with van der Waals surface area (Å²) in [7, 11) is 0. The van der Waals surface area contributed by atoms with Crippen LogP contribution >= 0.6 is 0 Å². The molecule has 1 aliphatic heterocycles. The number of aryl methyl sites for hydroxylation is 3. The molecule has 6 nitrogen and oxygen atoms in total. The van der Waals surface area contributed by atoms with Gasteiger partial charge in [-0.05, 0) is 51.2 Å². The van der Waals surface area contributed by atoms with Gasteiger partial charge >= 0.3 is 0 Å². The highest BCUT2D eigenvalue weighted by atomic mass is 16.5. The van der Waals surface area contributed by atoms with Gasteiger partial charge in [0.05, 0.1) is 0 Å². The number of hydrogen-bond acceptors (Lipinski definition) is 5. The standard InChI is InChI=1S/C21H28N4O2/c1-14-7-8-18(16(3)10-14)23-19(26)13-27-20-11-17(4)22-21(24-20)25-9-5-6-15(2)12-25/h7-8,10-11,15H,5-6,9,12-13H2,1-4H3,(H,23,26)/t15-/m1/s1. The minimum Gasteiger partial charge on any atom is -0.467 e. The number of aromatic nitrogens is 2. The number of hydrogen-bond donors (Lipinski definition) is 1. The number of amides is 1. The van der Waals surface area contributed by atoms with Gasteiger partial charge < -0.3 is 15.0 Å². The molecule has 2 heterocycles. The fourth-order valence-corrected chi connectivity index (χ4v) is 3.39. The molecule has 1 saturated heterocycles. The Labute approximate surface area is 161 Å². The van der Waals surface area contributed by atoms with Gasteiger partial charge in [0.15, 0.2) is 6.61 Å². The Morgan fingerprint density at radius 1 is 1.26 bits per heavy atom. The second-order valence-corrected chi connectivity index (χ2v) is 7.50. The number of ether oxygens (including phenoxy) is 1. The van der Waals surface area contributed by atoms with Crippen LogP contribution < -0.4 is 15.0 Å². The molecule has 1 aromatic heterocycles. The monoisotopic (exact) mass is 368 g/mol. The number of rotatable bonds is 5. The molecule has 1 atom stereocenters. The molecular formula is C21H28N4O2. The highest BCUT2D eigenvalue weighted by Crippen LogP contribution is 2.22. The van der Waals surface area contributed by atoms with Gasteiger partial charge in [0.25, 0.3) is 5.91 Å². The van der Waals surface area contributed by atoms with E-state index in [9.17, 15) is 4.79 Å². The van der Waals surface area contributed by atoms with Crippen molar-refractivity contribution >= 4 is 17.5 Å². The highest BCUT2D eigenvalue weighted by Gasteiger charge is 2.19. The molecule has 0 spiro atoms. The van der Waals surface area contributed by atoms with Crippen LogP contribution in [-0.4, -0.2) is 35.6 Å². The van der Waals surface area contributed by atoms with Crippen molar-refractivity contribution in [2.24, 2.45) is 5.92 Å². The van der Waals surface area contributed by atoms with Crippen LogP contribution in [0.25, 0.3) is 0 Å². The van der Waals surface area contributed by atoms with Crippen molar-refractivity contribution in [2.45, 2.75) is 40.5 Å². The Bertz CT molecular complexity index is 822. The average molecular weight is 368 g/mol. The lowest BCUT2D eigenvalue weighted by Crippen LogP contribution is -2.35. The summed E-state index contributed by atoms with van der Waals surface area (Å²) >= 11 is 0. The molecule has 0 unspecified atom stereocenters. The average Bonchev–Trinajstić information content (AvgIpc) is 2.62. The normalized spacial score (nSPS) is 16.9. The third-order valence-electron chi connectivity index (χ3n) is 4.77. The second-order valence-electron chi connectivity index (χ2n) is 7.50. The van der Waals surface area contributed by atoms with Crippen LogP contribution in [0.2, 0.25) is 0 Å². The van der Waals surface area contributed by atoms with Crippen LogP contribution in [0, 0.1) is 26.7 Å². The van der Waals surface area contributed by atoms with E-state index in [1.807, 2.05) is 39.0 Å². The molecule has 1 fully saturated rings. The van der Waals surface area contributed by atoms with E-state index in [2.05, 4.69) is 27.1 Å². The number of nitrogens with zero attached hydrogens (tertiary/aromatic N) is 3. The topological polar surface area (TPSA) is 67.3 Å². The Morgan fingerprint density at radius 3 is 2.81 bits per heavy atom. The van der Waals surface area contributed by atoms with Gasteiger partial charge in [0.2, 0.25) is 11.8 Å². The van der Waals surface area contributed by atoms with E-state index in [0.717, 1.165) is 42.0 Å². The van der Waals surface area contributed by atoms with E-state index in [1.54, 1.807) is 6.07 Å². The SMILES string of the molecule is Cc1ccc(NC(=O)COc2cc(C)nc(N3CCC[C@@H](C)C3)n2)c(C)c1. The van der Waals surface area contributed by atoms with Crippen molar-refractivity contribution in [1.29, 1.82) is 0 Å². The van der Waals surface area contributed by atoms with Gasteiger partial charge in [0, 0.05) is 30.5 Å². The molecule has 144 valence electrons. The predicted octanol–water partition coefficient (Wildman–Crippen LogP) is 3.66. The van der Waals surface area contributed by atoms with Crippen molar-refractivity contribution in [2.75, 3.05) is 29.9 Å². The lowest BCUT2D eigenvalue weighted by molar-refractivity contribution is -0.118. The third kappa shape index (κ3) is 5.18. The third-order valence-corrected chi connectivity index (χ3v) is 4.77. The van der Waals surface area contributed by atoms with Crippen LogP contribution in [0.1, 0.15) is 36.6 Å². The summed E-state index contributed by atoms with van der Waals surface area (Å²) in [5.74, 6) is 1.56. The summed E-state index contributed by atoms with van der Waals surface area (Å²) in [6, 6.07) is 7.69. The van der Waals surface area contributed by atoms with Crippen LogP contribution in [0.5, 0.6) is 5.88 Å². The summed E-state index contributed by atoms with van der Waals surface area (Å²) in [5.41, 5.74) is 3.83. The van der Waals surface area contributed by atoms with Crippen LogP contribution in [0.3, 0.4) is 0 Å². The Kier molecular flexibility index (Phi) is 5.94. The van der Waals surface area contributed by atoms with Gasteiger partial charge in [0.1, 0.15) is 0 Å². The van der Waals surface area contributed by atoms with E-state index in [-0.39, 0.29) is 12.5 Å². The van der Waals surface area contributed by atoms with E-state index in [0.29, 0.717) is 17.7 Å². The maximum Gasteiger partial charge on any atom is 0.262 e. The Hall–Kier alpha value is -2.63. The molecular weight excluding hydrogens is 340 g/mol. The van der Waals surface area contributed by atoms with Crippen molar-refractivity contribution < 1.29 is 9.53 Å². The summed E-state index contributed by atoms with van der Waals surface area (Å²) < 4.78 is 5.65. The smallest absolute Gasteiger partial charge is 0.262 e. The minimum atomic E-state index is -0.202. The van der Waals surface area contributed by atoms with Gasteiger partial charge in [-0.15, -0.1) is 0 Å². The molecule has 0 radical (unpaired) electrons. The van der Waals surface area contributed by atoms with Crippen LogP contribution in [0.4, 0.5) is 11.6 Å². The van der Waals surface area contributed by atoms with Gasteiger partial charge in [-0.25, -0.2) is 4.98 Å². The van der Waals surface area contributed by atoms with E-state index < -0.39 is 0 Å². The first-order valence-electron chi connectivity index (χ1n) is 9.51. The van der Waals surface area contributed by atoms with Crippen LogP contribution in [-0.2, 0) is 4.79 Å². The first-order chi connectivity index (χ1) is 12.9. The predicted molar refractivity (Wildman–Crippen MR) is 107 cm³/mol. The van der Waals surface area contributed by atoms with Gasteiger partial charge in [-0.3, -0.25) is 4.79 Å². The Balaban J connectivity index is 1.62. The molecule has 6 heteroatoms. The van der Waals surface area contributed by atoms with E-state index in [1.165, 1.54) is 6.42 Å². The van der Waals surface area contributed by atoms with Crippen LogP contribution in [0.15, 0.2) is 24.3 Å². The van der Waals surface area contributed by atoms with Crippen molar-refractivity contribution in [3.8, 4) is 5.88 Å². The first kappa shape index (κ1) is 19.1. The summed E-state index contributed by atoms with van der Waals surface area (Å²) in [4.78, 5) is 23.5. The van der Waals surface area contributed by atoms with E-state index in [4.69, 9.17) is 4.74 Å². The first-order valence-corrected chi connectivity index (χ1v) is 9.51. The van der Waals surface area contributed by atoms with E-state index >= 15 is 0 Å². The zero-order valence-electron chi connectivity index (χ0n) is 16.6. The lowest BCUT2D eigenvalue weighted by Gasteiger charge is -2.31. The largest absolute Gasteiger partial charge is 0.467 e. The molecule has 27 heavy (non-hydrogen) atoms. The van der Waals surface area contributed by atoms with Gasteiger partial charge in [-0.1, -0.05) is 24.6 Å². The number of benzene rings is 1. The molecule has 3 rings (SSSR count). The molecule has 1 N–H and O–H groups in total. The second kappa shape index (κ2) is 8.37. The molecule has 0 aliphatic carbocycles. The number of carbonyl (C=O) groups is 1. The van der Waals surface area contributed by atoms with Crippen molar-refractivity contribution in [3.63, 3.8) is 0 Å². The van der Waals surface area contributed by atoms with Crippen molar-refractivity contribution in [3.05, 3.63) is 41.1 Å². The fourth-order valence-electron chi connectivity index (χ4n) is 3.39. The zero-order valence-corrected chi connectivity index (χ0v) is 16.6. The zero-order chi connectivity index (χ0) is 19.4. The summed E-state index contributed by atoms with van der Waals surface area (Å²) in [5, 5.41) is 2.89. The maximum atomic E-state index is 12.2. The number of nitrogens with one attached hydrogen (secondary N) is 1. The lowest BCUT2D eigenvalue weighted by atomic mass is 10.0. The quantitative estimate of drug-likeness (QED) is 0.872. The van der Waals surface area contributed by atoms with Crippen molar-refractivity contribution in [1.82, 2.24) is 9.97 Å². The fraction of sp³-hybridized carbons (Fsp3) is 0.476. The molecule has 0 saturated carbocycles. The number of carbonyl (C=O) groups excluding carboxylic acids is 1. The number of anilines is 2. The summed E-state index contributed by atoms with van der Waals surface area (Å²) in [6.45, 7) is 10.00. The van der Waals surface area contributed by atoms with Gasteiger partial charge in [-0.2, -0.15) is 4.98 Å². The minimum absolute atomic E-state index is 0.0837. The summed E-state index contributed by atoms with van der Waals surface area (Å²) in [6.07, 6.45) is 2.39.